The van der Waals surface area contributed by atoms with Crippen molar-refractivity contribution in [2.45, 2.75) is 4.90 Å². The average Bonchev–Trinajstić information content (AvgIpc) is 2.59. The van der Waals surface area contributed by atoms with Gasteiger partial charge in [0.2, 0.25) is 10.0 Å². The zero-order chi connectivity index (χ0) is 17.0. The Morgan fingerprint density at radius 3 is 2.58 bits per heavy atom. The lowest BCUT2D eigenvalue weighted by molar-refractivity contribution is 0.583. The third-order valence-electron chi connectivity index (χ3n) is 3.28. The third-order valence-corrected chi connectivity index (χ3v) is 4.76. The Morgan fingerprint density at radius 2 is 1.79 bits per heavy atom. The van der Waals surface area contributed by atoms with E-state index in [0.29, 0.717) is 23.8 Å². The van der Waals surface area contributed by atoms with Crippen molar-refractivity contribution in [1.29, 1.82) is 0 Å². The molecule has 1 aromatic carbocycles. The summed E-state index contributed by atoms with van der Waals surface area (Å²) in [5, 5.41) is 3.79. The van der Waals surface area contributed by atoms with Gasteiger partial charge in [-0.2, -0.15) is 0 Å². The van der Waals surface area contributed by atoms with E-state index in [1.807, 2.05) is 0 Å². The standard InChI is InChI=1S/C15H16N6O2S/c16-13-7-6-12-14(18-10-19-15(12)21-13)17-8-9-20-24(22,23)11-4-2-1-3-5-11/h1-7,10,20H,8-9H2,(H3,16,17,18,19,21). The molecule has 0 bridgehead atoms. The van der Waals surface area contributed by atoms with Crippen LogP contribution in [-0.2, 0) is 10.0 Å². The number of anilines is 2. The maximum absolute atomic E-state index is 12.1. The largest absolute Gasteiger partial charge is 0.384 e. The van der Waals surface area contributed by atoms with Gasteiger partial charge in [-0.25, -0.2) is 28.1 Å². The second kappa shape index (κ2) is 6.77. The zero-order valence-corrected chi connectivity index (χ0v) is 13.5. The molecule has 0 aliphatic carbocycles. The summed E-state index contributed by atoms with van der Waals surface area (Å²) in [5.74, 6) is 0.953. The van der Waals surface area contributed by atoms with E-state index in [-0.39, 0.29) is 11.4 Å². The van der Waals surface area contributed by atoms with Gasteiger partial charge in [-0.05, 0) is 24.3 Å². The Bertz CT molecular complexity index is 947. The minimum Gasteiger partial charge on any atom is -0.384 e. The second-order valence-corrected chi connectivity index (χ2v) is 6.73. The number of sulfonamides is 1. The molecule has 124 valence electrons. The fraction of sp³-hybridized carbons (Fsp3) is 0.133. The number of benzene rings is 1. The quantitative estimate of drug-likeness (QED) is 0.570. The number of pyridine rings is 1. The predicted octanol–water partition coefficient (Wildman–Crippen LogP) is 0.997. The number of rotatable bonds is 6. The molecule has 0 unspecified atom stereocenters. The maximum Gasteiger partial charge on any atom is 0.240 e. The molecule has 24 heavy (non-hydrogen) atoms. The fourth-order valence-corrected chi connectivity index (χ4v) is 3.20. The maximum atomic E-state index is 12.1. The van der Waals surface area contributed by atoms with Crippen molar-refractivity contribution in [1.82, 2.24) is 19.7 Å². The summed E-state index contributed by atoms with van der Waals surface area (Å²) in [4.78, 5) is 12.6. The van der Waals surface area contributed by atoms with Gasteiger partial charge in [-0.3, -0.25) is 0 Å². The van der Waals surface area contributed by atoms with Crippen LogP contribution in [-0.4, -0.2) is 36.5 Å². The van der Waals surface area contributed by atoms with Crippen LogP contribution in [0.25, 0.3) is 11.0 Å². The first-order valence-corrected chi connectivity index (χ1v) is 8.70. The first kappa shape index (κ1) is 16.1. The van der Waals surface area contributed by atoms with E-state index in [0.717, 1.165) is 5.39 Å². The van der Waals surface area contributed by atoms with Gasteiger partial charge in [-0.15, -0.1) is 0 Å². The first-order valence-electron chi connectivity index (χ1n) is 7.22. The molecular weight excluding hydrogens is 328 g/mol. The van der Waals surface area contributed by atoms with Gasteiger partial charge in [0.1, 0.15) is 18.0 Å². The lowest BCUT2D eigenvalue weighted by atomic mass is 10.3. The monoisotopic (exact) mass is 344 g/mol. The van der Waals surface area contributed by atoms with Crippen molar-refractivity contribution < 1.29 is 8.42 Å². The number of nitrogens with one attached hydrogen (secondary N) is 2. The number of nitrogens with zero attached hydrogens (tertiary/aromatic N) is 3. The molecule has 9 heteroatoms. The predicted molar refractivity (Wildman–Crippen MR) is 91.9 cm³/mol. The number of hydrogen-bond donors (Lipinski definition) is 3. The van der Waals surface area contributed by atoms with Crippen molar-refractivity contribution in [3.8, 4) is 0 Å². The molecule has 2 aromatic heterocycles. The molecule has 0 saturated heterocycles. The highest BCUT2D eigenvalue weighted by atomic mass is 32.2. The van der Waals surface area contributed by atoms with E-state index in [1.54, 1.807) is 42.5 Å². The van der Waals surface area contributed by atoms with Crippen LogP contribution in [0.3, 0.4) is 0 Å². The molecule has 8 nitrogen and oxygen atoms in total. The van der Waals surface area contributed by atoms with Crippen molar-refractivity contribution in [2.75, 3.05) is 24.1 Å². The van der Waals surface area contributed by atoms with Crippen LogP contribution in [0.5, 0.6) is 0 Å². The van der Waals surface area contributed by atoms with Crippen LogP contribution in [0.2, 0.25) is 0 Å². The number of nitrogen functional groups attached to an aromatic ring is 1. The van der Waals surface area contributed by atoms with Gasteiger partial charge < -0.3 is 11.1 Å². The Hall–Kier alpha value is -2.78. The fourth-order valence-electron chi connectivity index (χ4n) is 2.15. The second-order valence-electron chi connectivity index (χ2n) is 4.97. The molecule has 2 heterocycles. The van der Waals surface area contributed by atoms with E-state index in [2.05, 4.69) is 25.0 Å². The summed E-state index contributed by atoms with van der Waals surface area (Å²) in [7, 11) is -3.51. The lowest BCUT2D eigenvalue weighted by Gasteiger charge is -2.09. The Kier molecular flexibility index (Phi) is 4.54. The summed E-state index contributed by atoms with van der Waals surface area (Å²) >= 11 is 0. The van der Waals surface area contributed by atoms with Crippen LogP contribution < -0.4 is 15.8 Å². The smallest absolute Gasteiger partial charge is 0.240 e. The number of fused-ring (bicyclic) bond motifs is 1. The van der Waals surface area contributed by atoms with Gasteiger partial charge >= 0.3 is 0 Å². The SMILES string of the molecule is Nc1ccc2c(NCCNS(=O)(=O)c3ccccc3)ncnc2n1. The van der Waals surface area contributed by atoms with Crippen molar-refractivity contribution >= 4 is 32.7 Å². The molecule has 0 radical (unpaired) electrons. The highest BCUT2D eigenvalue weighted by molar-refractivity contribution is 7.89. The summed E-state index contributed by atoms with van der Waals surface area (Å²) in [6, 6.07) is 11.6. The van der Waals surface area contributed by atoms with Crippen LogP contribution in [0.4, 0.5) is 11.6 Å². The molecule has 0 saturated carbocycles. The topological polar surface area (TPSA) is 123 Å². The first-order chi connectivity index (χ1) is 11.6. The number of hydrogen-bond acceptors (Lipinski definition) is 7. The molecule has 3 rings (SSSR count). The summed E-state index contributed by atoms with van der Waals surface area (Å²) in [5.41, 5.74) is 6.11. The molecule has 0 atom stereocenters. The van der Waals surface area contributed by atoms with Crippen molar-refractivity contribution in [3.05, 3.63) is 48.8 Å². The van der Waals surface area contributed by atoms with Crippen LogP contribution in [0.1, 0.15) is 0 Å². The van der Waals surface area contributed by atoms with E-state index >= 15 is 0 Å². The summed E-state index contributed by atoms with van der Waals surface area (Å²) in [6.07, 6.45) is 1.38. The van der Waals surface area contributed by atoms with E-state index in [1.165, 1.54) is 6.33 Å². The number of nitrogens with two attached hydrogens (primary N) is 1. The van der Waals surface area contributed by atoms with Gasteiger partial charge in [0.05, 0.1) is 10.3 Å². The molecule has 0 amide bonds. The zero-order valence-electron chi connectivity index (χ0n) is 12.7. The molecule has 0 fully saturated rings. The van der Waals surface area contributed by atoms with Crippen LogP contribution in [0, 0.1) is 0 Å². The summed E-state index contributed by atoms with van der Waals surface area (Å²) in [6.45, 7) is 0.577. The normalized spacial score (nSPS) is 11.5. The van der Waals surface area contributed by atoms with E-state index in [4.69, 9.17) is 5.73 Å². The summed E-state index contributed by atoms with van der Waals surface area (Å²) < 4.78 is 26.7. The minimum atomic E-state index is -3.51. The number of aromatic nitrogens is 3. The van der Waals surface area contributed by atoms with Gasteiger partial charge in [0.15, 0.2) is 5.65 Å². The Labute approximate surface area is 139 Å². The third kappa shape index (κ3) is 3.58. The van der Waals surface area contributed by atoms with Gasteiger partial charge in [0.25, 0.3) is 0 Å². The molecule has 3 aromatic rings. The van der Waals surface area contributed by atoms with Crippen molar-refractivity contribution in [3.63, 3.8) is 0 Å². The Morgan fingerprint density at radius 1 is 1.00 bits per heavy atom. The molecule has 0 aliphatic rings. The lowest BCUT2D eigenvalue weighted by Crippen LogP contribution is -2.29. The Balaban J connectivity index is 1.63. The van der Waals surface area contributed by atoms with Gasteiger partial charge in [0, 0.05) is 13.1 Å². The van der Waals surface area contributed by atoms with Crippen LogP contribution in [0.15, 0.2) is 53.7 Å². The van der Waals surface area contributed by atoms with Gasteiger partial charge in [-0.1, -0.05) is 18.2 Å². The van der Waals surface area contributed by atoms with Crippen molar-refractivity contribution in [2.24, 2.45) is 0 Å². The highest BCUT2D eigenvalue weighted by Crippen LogP contribution is 2.18. The van der Waals surface area contributed by atoms with E-state index < -0.39 is 10.0 Å². The highest BCUT2D eigenvalue weighted by Gasteiger charge is 2.12. The molecule has 0 spiro atoms. The molecule has 4 N–H and O–H groups in total. The average molecular weight is 344 g/mol. The minimum absolute atomic E-state index is 0.213. The molecule has 0 aliphatic heterocycles. The van der Waals surface area contributed by atoms with Crippen LogP contribution >= 0.6 is 0 Å². The molecular formula is C15H16N6O2S. The van der Waals surface area contributed by atoms with E-state index in [9.17, 15) is 8.42 Å².